The van der Waals surface area contributed by atoms with Gasteiger partial charge < -0.3 is 15.2 Å². The number of aromatic nitrogens is 1. The lowest BCUT2D eigenvalue weighted by molar-refractivity contribution is -0.130. The number of carbonyl (C=O) groups is 1. The predicted molar refractivity (Wildman–Crippen MR) is 78.2 cm³/mol. The second-order valence-electron chi connectivity index (χ2n) is 4.56. The molecule has 0 unspecified atom stereocenters. The molecule has 5 heteroatoms. The van der Waals surface area contributed by atoms with Crippen LogP contribution < -0.4 is 5.73 Å². The van der Waals surface area contributed by atoms with E-state index in [9.17, 15) is 4.79 Å². The highest BCUT2D eigenvalue weighted by Gasteiger charge is 2.12. The Balaban J connectivity index is 2.42. The molecule has 0 saturated heterocycles. The minimum Gasteiger partial charge on any atom is -0.344 e. The minimum absolute atomic E-state index is 0.0722. The Bertz CT molecular complexity index is 606. The summed E-state index contributed by atoms with van der Waals surface area (Å²) in [6, 6.07) is 5.66. The predicted octanol–water partition coefficient (Wildman–Crippen LogP) is 2.23. The minimum atomic E-state index is 0.0722. The summed E-state index contributed by atoms with van der Waals surface area (Å²) in [6.45, 7) is 3.40. The first kappa shape index (κ1) is 13.9. The summed E-state index contributed by atoms with van der Waals surface area (Å²) in [4.78, 5) is 13.7. The van der Waals surface area contributed by atoms with Crippen LogP contribution >= 0.6 is 11.6 Å². The molecule has 102 valence electrons. The number of nitrogens with zero attached hydrogens (tertiary/aromatic N) is 2. The van der Waals surface area contributed by atoms with Gasteiger partial charge >= 0.3 is 0 Å². The third kappa shape index (κ3) is 2.74. The van der Waals surface area contributed by atoms with Crippen LogP contribution in [0.2, 0.25) is 5.02 Å². The maximum atomic E-state index is 12.0. The van der Waals surface area contributed by atoms with Crippen LogP contribution in [0.5, 0.6) is 0 Å². The highest BCUT2D eigenvalue weighted by molar-refractivity contribution is 6.31. The lowest BCUT2D eigenvalue weighted by Gasteiger charge is -2.15. The molecule has 0 radical (unpaired) electrons. The SMILES string of the molecule is CCN(C)C(=O)Cn1cc(CN)c2ccc(Cl)cc21. The Kier molecular flexibility index (Phi) is 4.12. The number of amides is 1. The highest BCUT2D eigenvalue weighted by atomic mass is 35.5. The van der Waals surface area contributed by atoms with Crippen LogP contribution in [0.15, 0.2) is 24.4 Å². The highest BCUT2D eigenvalue weighted by Crippen LogP contribution is 2.24. The maximum absolute atomic E-state index is 12.0. The molecule has 0 atom stereocenters. The Morgan fingerprint density at radius 3 is 2.84 bits per heavy atom. The van der Waals surface area contributed by atoms with Gasteiger partial charge in [-0.1, -0.05) is 17.7 Å². The largest absolute Gasteiger partial charge is 0.344 e. The van der Waals surface area contributed by atoms with Gasteiger partial charge in [0.15, 0.2) is 0 Å². The molecule has 1 aromatic carbocycles. The van der Waals surface area contributed by atoms with Gasteiger partial charge in [-0.2, -0.15) is 0 Å². The molecule has 0 bridgehead atoms. The van der Waals surface area contributed by atoms with Crippen molar-refractivity contribution in [3.05, 3.63) is 35.0 Å². The number of benzene rings is 1. The molecule has 0 aliphatic carbocycles. The molecular weight excluding hydrogens is 262 g/mol. The number of halogens is 1. The van der Waals surface area contributed by atoms with Gasteiger partial charge in [-0.3, -0.25) is 4.79 Å². The summed E-state index contributed by atoms with van der Waals surface area (Å²) < 4.78 is 1.91. The van der Waals surface area contributed by atoms with Gasteiger partial charge in [-0.15, -0.1) is 0 Å². The number of fused-ring (bicyclic) bond motifs is 1. The van der Waals surface area contributed by atoms with Crippen LogP contribution in [0.4, 0.5) is 0 Å². The fourth-order valence-electron chi connectivity index (χ4n) is 2.08. The second-order valence-corrected chi connectivity index (χ2v) is 4.99. The van der Waals surface area contributed by atoms with E-state index in [-0.39, 0.29) is 5.91 Å². The van der Waals surface area contributed by atoms with E-state index in [2.05, 4.69) is 0 Å². The normalized spacial score (nSPS) is 10.9. The smallest absolute Gasteiger partial charge is 0.242 e. The molecule has 19 heavy (non-hydrogen) atoms. The molecule has 0 fully saturated rings. The number of carbonyl (C=O) groups excluding carboxylic acids is 1. The fraction of sp³-hybridized carbons (Fsp3) is 0.357. The van der Waals surface area contributed by atoms with E-state index in [1.807, 2.05) is 35.9 Å². The maximum Gasteiger partial charge on any atom is 0.242 e. The van der Waals surface area contributed by atoms with Gasteiger partial charge in [-0.05, 0) is 24.6 Å². The number of rotatable bonds is 4. The zero-order valence-corrected chi connectivity index (χ0v) is 11.9. The zero-order chi connectivity index (χ0) is 14.0. The van der Waals surface area contributed by atoms with E-state index >= 15 is 0 Å². The number of hydrogen-bond donors (Lipinski definition) is 1. The molecule has 2 rings (SSSR count). The van der Waals surface area contributed by atoms with E-state index in [0.717, 1.165) is 16.5 Å². The van der Waals surface area contributed by atoms with Crippen molar-refractivity contribution >= 4 is 28.4 Å². The van der Waals surface area contributed by atoms with E-state index < -0.39 is 0 Å². The monoisotopic (exact) mass is 279 g/mol. The van der Waals surface area contributed by atoms with Crippen molar-refractivity contribution < 1.29 is 4.79 Å². The molecule has 1 amide bonds. The summed E-state index contributed by atoms with van der Waals surface area (Å²) in [5.41, 5.74) is 7.72. The first-order valence-corrected chi connectivity index (χ1v) is 6.66. The van der Waals surface area contributed by atoms with E-state index in [4.69, 9.17) is 17.3 Å². The Hall–Kier alpha value is -1.52. The van der Waals surface area contributed by atoms with Gasteiger partial charge in [0, 0.05) is 36.7 Å². The van der Waals surface area contributed by atoms with Gasteiger partial charge in [0.1, 0.15) is 6.54 Å². The Labute approximate surface area is 117 Å². The molecule has 4 nitrogen and oxygen atoms in total. The van der Waals surface area contributed by atoms with Crippen molar-refractivity contribution in [1.29, 1.82) is 0 Å². The van der Waals surface area contributed by atoms with Gasteiger partial charge in [0.25, 0.3) is 0 Å². The van der Waals surface area contributed by atoms with Gasteiger partial charge in [0.2, 0.25) is 5.91 Å². The summed E-state index contributed by atoms with van der Waals surface area (Å²) >= 11 is 6.03. The van der Waals surface area contributed by atoms with E-state index in [1.54, 1.807) is 11.9 Å². The fourth-order valence-corrected chi connectivity index (χ4v) is 2.24. The molecule has 2 aromatic rings. The Morgan fingerprint density at radius 2 is 2.21 bits per heavy atom. The van der Waals surface area contributed by atoms with Crippen LogP contribution in [0.1, 0.15) is 12.5 Å². The zero-order valence-electron chi connectivity index (χ0n) is 11.2. The molecular formula is C14H18ClN3O. The van der Waals surface area contributed by atoms with Crippen molar-refractivity contribution in [1.82, 2.24) is 9.47 Å². The summed E-state index contributed by atoms with van der Waals surface area (Å²) in [7, 11) is 1.80. The quantitative estimate of drug-likeness (QED) is 0.933. The molecule has 2 N–H and O–H groups in total. The summed E-state index contributed by atoms with van der Waals surface area (Å²) in [5.74, 6) is 0.0722. The lowest BCUT2D eigenvalue weighted by atomic mass is 10.2. The molecule has 0 spiro atoms. The van der Waals surface area contributed by atoms with Crippen LogP contribution in [0.3, 0.4) is 0 Å². The van der Waals surface area contributed by atoms with Crippen LogP contribution in [-0.2, 0) is 17.9 Å². The molecule has 1 aromatic heterocycles. The third-order valence-electron chi connectivity index (χ3n) is 3.35. The second kappa shape index (κ2) is 5.63. The third-order valence-corrected chi connectivity index (χ3v) is 3.59. The first-order valence-electron chi connectivity index (χ1n) is 6.28. The summed E-state index contributed by atoms with van der Waals surface area (Å²) in [5, 5.41) is 1.71. The van der Waals surface area contributed by atoms with Crippen LogP contribution in [0, 0.1) is 0 Å². The van der Waals surface area contributed by atoms with E-state index in [0.29, 0.717) is 24.7 Å². The Morgan fingerprint density at radius 1 is 1.47 bits per heavy atom. The van der Waals surface area contributed by atoms with Gasteiger partial charge in [0.05, 0.1) is 5.52 Å². The van der Waals surface area contributed by atoms with E-state index in [1.165, 1.54) is 0 Å². The first-order chi connectivity index (χ1) is 9.06. The molecule has 0 saturated carbocycles. The number of nitrogens with two attached hydrogens (primary N) is 1. The van der Waals surface area contributed by atoms with Crippen molar-refractivity contribution in [2.75, 3.05) is 13.6 Å². The van der Waals surface area contributed by atoms with Crippen molar-refractivity contribution in [2.45, 2.75) is 20.0 Å². The number of hydrogen-bond acceptors (Lipinski definition) is 2. The average Bonchev–Trinajstić information content (AvgIpc) is 2.75. The van der Waals surface area contributed by atoms with Crippen LogP contribution in [0.25, 0.3) is 10.9 Å². The topological polar surface area (TPSA) is 51.3 Å². The average molecular weight is 280 g/mol. The van der Waals surface area contributed by atoms with Crippen molar-refractivity contribution in [3.8, 4) is 0 Å². The number of likely N-dealkylation sites (N-methyl/N-ethyl adjacent to an activating group) is 1. The summed E-state index contributed by atoms with van der Waals surface area (Å²) in [6.07, 6.45) is 1.93. The van der Waals surface area contributed by atoms with Crippen molar-refractivity contribution in [3.63, 3.8) is 0 Å². The van der Waals surface area contributed by atoms with Crippen molar-refractivity contribution in [2.24, 2.45) is 5.73 Å². The van der Waals surface area contributed by atoms with Crippen LogP contribution in [-0.4, -0.2) is 29.0 Å². The molecule has 0 aliphatic heterocycles. The molecule has 1 heterocycles. The van der Waals surface area contributed by atoms with Gasteiger partial charge in [-0.25, -0.2) is 0 Å². The lowest BCUT2D eigenvalue weighted by Crippen LogP contribution is -2.29. The standard InChI is InChI=1S/C14H18ClN3O/c1-3-17(2)14(19)9-18-8-10(7-16)12-5-4-11(15)6-13(12)18/h4-6,8H,3,7,9,16H2,1-2H3. The molecule has 0 aliphatic rings.